The zero-order chi connectivity index (χ0) is 7.33. The minimum atomic E-state index is -0.444. The maximum Gasteiger partial charge on any atom is 0.207 e. The average molecular weight is 126 g/mol. The molecule has 0 saturated heterocycles. The van der Waals surface area contributed by atoms with Gasteiger partial charge in [-0.05, 0) is 13.8 Å². The molecular weight excluding hydrogens is 116 g/mol. The highest BCUT2D eigenvalue weighted by Crippen LogP contribution is 2.09. The standard InChI is InChI=1S/C6H10N2O/c1-6(2,3-7)4-8-5-9/h5H,4H2,1-2H3,(H,8,9). The van der Waals surface area contributed by atoms with Gasteiger partial charge in [0, 0.05) is 6.54 Å². The van der Waals surface area contributed by atoms with Crippen LogP contribution in [-0.2, 0) is 4.79 Å². The monoisotopic (exact) mass is 126 g/mol. The molecule has 1 amide bonds. The number of hydrogen-bond acceptors (Lipinski definition) is 2. The summed E-state index contributed by atoms with van der Waals surface area (Å²) in [6.45, 7) is 3.94. The van der Waals surface area contributed by atoms with Gasteiger partial charge in [0.1, 0.15) is 0 Å². The molecule has 0 aliphatic heterocycles. The Morgan fingerprint density at radius 3 is 2.67 bits per heavy atom. The summed E-state index contributed by atoms with van der Waals surface area (Å²) in [7, 11) is 0. The van der Waals surface area contributed by atoms with E-state index in [9.17, 15) is 4.79 Å². The van der Waals surface area contributed by atoms with Crippen LogP contribution in [0.1, 0.15) is 13.8 Å². The van der Waals surface area contributed by atoms with E-state index in [-0.39, 0.29) is 0 Å². The van der Waals surface area contributed by atoms with Crippen molar-refractivity contribution in [2.24, 2.45) is 5.41 Å². The number of nitrogens with zero attached hydrogens (tertiary/aromatic N) is 1. The van der Waals surface area contributed by atoms with Gasteiger partial charge in [0.05, 0.1) is 11.5 Å². The topological polar surface area (TPSA) is 52.9 Å². The first kappa shape index (κ1) is 7.96. The third kappa shape index (κ3) is 3.53. The molecule has 0 bridgehead atoms. The van der Waals surface area contributed by atoms with Gasteiger partial charge in [0.15, 0.2) is 0 Å². The first-order chi connectivity index (χ1) is 4.12. The van der Waals surface area contributed by atoms with Crippen LogP contribution in [0.5, 0.6) is 0 Å². The maximum absolute atomic E-state index is 9.75. The summed E-state index contributed by atoms with van der Waals surface area (Å²) in [5.41, 5.74) is -0.444. The Bertz CT molecular complexity index is 134. The van der Waals surface area contributed by atoms with E-state index < -0.39 is 5.41 Å². The van der Waals surface area contributed by atoms with Crippen LogP contribution in [0.15, 0.2) is 0 Å². The summed E-state index contributed by atoms with van der Waals surface area (Å²) in [4.78, 5) is 9.75. The number of nitrogens with one attached hydrogen (secondary N) is 1. The van der Waals surface area contributed by atoms with E-state index in [1.54, 1.807) is 13.8 Å². The van der Waals surface area contributed by atoms with E-state index in [1.807, 2.05) is 0 Å². The van der Waals surface area contributed by atoms with Gasteiger partial charge >= 0.3 is 0 Å². The van der Waals surface area contributed by atoms with Crippen molar-refractivity contribution in [1.82, 2.24) is 5.32 Å². The molecule has 9 heavy (non-hydrogen) atoms. The number of carbonyl (C=O) groups is 1. The van der Waals surface area contributed by atoms with Crippen molar-refractivity contribution in [2.45, 2.75) is 13.8 Å². The zero-order valence-electron chi connectivity index (χ0n) is 5.64. The van der Waals surface area contributed by atoms with Crippen molar-refractivity contribution in [3.63, 3.8) is 0 Å². The predicted octanol–water partition coefficient (Wildman–Crippen LogP) is 0.282. The highest BCUT2D eigenvalue weighted by atomic mass is 16.1. The molecule has 0 aromatic rings. The van der Waals surface area contributed by atoms with Gasteiger partial charge in [0.2, 0.25) is 6.41 Å². The van der Waals surface area contributed by atoms with Crippen molar-refractivity contribution < 1.29 is 4.79 Å². The van der Waals surface area contributed by atoms with Gasteiger partial charge < -0.3 is 5.32 Å². The van der Waals surface area contributed by atoms with Gasteiger partial charge in [-0.25, -0.2) is 0 Å². The van der Waals surface area contributed by atoms with Gasteiger partial charge in [-0.3, -0.25) is 4.79 Å². The van der Waals surface area contributed by atoms with E-state index >= 15 is 0 Å². The Morgan fingerprint density at radius 2 is 2.33 bits per heavy atom. The Kier molecular flexibility index (Phi) is 2.72. The van der Waals surface area contributed by atoms with Crippen LogP contribution in [0.4, 0.5) is 0 Å². The molecule has 0 heterocycles. The molecule has 0 aliphatic rings. The fourth-order valence-corrected chi connectivity index (χ4v) is 0.336. The molecule has 1 N–H and O–H groups in total. The smallest absolute Gasteiger partial charge is 0.207 e. The van der Waals surface area contributed by atoms with Crippen molar-refractivity contribution in [2.75, 3.05) is 6.54 Å². The van der Waals surface area contributed by atoms with Gasteiger partial charge in [-0.1, -0.05) is 0 Å². The molecular formula is C6H10N2O. The van der Waals surface area contributed by atoms with Crippen LogP contribution in [0.25, 0.3) is 0 Å². The number of nitriles is 1. The molecule has 0 rings (SSSR count). The molecule has 0 unspecified atom stereocenters. The summed E-state index contributed by atoms with van der Waals surface area (Å²) in [6, 6.07) is 2.05. The molecule has 3 nitrogen and oxygen atoms in total. The minimum Gasteiger partial charge on any atom is -0.357 e. The van der Waals surface area contributed by atoms with E-state index in [0.717, 1.165) is 0 Å². The third-order valence-electron chi connectivity index (χ3n) is 0.930. The number of carbonyl (C=O) groups excluding carboxylic acids is 1. The van der Waals surface area contributed by atoms with Crippen molar-refractivity contribution in [3.05, 3.63) is 0 Å². The van der Waals surface area contributed by atoms with E-state index in [2.05, 4.69) is 11.4 Å². The summed E-state index contributed by atoms with van der Waals surface area (Å²) < 4.78 is 0. The zero-order valence-corrected chi connectivity index (χ0v) is 5.64. The highest BCUT2D eigenvalue weighted by Gasteiger charge is 2.14. The molecule has 0 atom stereocenters. The van der Waals surface area contributed by atoms with Gasteiger partial charge in [-0.15, -0.1) is 0 Å². The van der Waals surface area contributed by atoms with E-state index in [1.165, 1.54) is 0 Å². The molecule has 0 aliphatic carbocycles. The normalized spacial score (nSPS) is 9.89. The molecule has 0 aromatic heterocycles. The number of rotatable bonds is 3. The van der Waals surface area contributed by atoms with Crippen LogP contribution < -0.4 is 5.32 Å². The number of hydrogen-bond donors (Lipinski definition) is 1. The lowest BCUT2D eigenvalue weighted by Gasteiger charge is -2.12. The Hall–Kier alpha value is -1.04. The largest absolute Gasteiger partial charge is 0.357 e. The van der Waals surface area contributed by atoms with Gasteiger partial charge in [0.25, 0.3) is 0 Å². The molecule has 0 fully saturated rings. The van der Waals surface area contributed by atoms with E-state index in [0.29, 0.717) is 13.0 Å². The summed E-state index contributed by atoms with van der Waals surface area (Å²) in [6.07, 6.45) is 0.596. The lowest BCUT2D eigenvalue weighted by atomic mass is 9.96. The molecule has 50 valence electrons. The fraction of sp³-hybridized carbons (Fsp3) is 0.667. The Morgan fingerprint density at radius 1 is 1.78 bits per heavy atom. The van der Waals surface area contributed by atoms with E-state index in [4.69, 9.17) is 5.26 Å². The van der Waals surface area contributed by atoms with Crippen LogP contribution in [0, 0.1) is 16.7 Å². The molecule has 0 saturated carbocycles. The average Bonchev–Trinajstić information content (AvgIpc) is 1.84. The fourth-order valence-electron chi connectivity index (χ4n) is 0.336. The van der Waals surface area contributed by atoms with Crippen molar-refractivity contribution in [1.29, 1.82) is 5.26 Å². The first-order valence-corrected chi connectivity index (χ1v) is 2.71. The summed E-state index contributed by atoms with van der Waals surface area (Å²) in [5.74, 6) is 0. The highest BCUT2D eigenvalue weighted by molar-refractivity contribution is 5.46. The second-order valence-corrected chi connectivity index (χ2v) is 2.49. The van der Waals surface area contributed by atoms with Crippen molar-refractivity contribution in [3.8, 4) is 6.07 Å². The third-order valence-corrected chi connectivity index (χ3v) is 0.930. The summed E-state index contributed by atoms with van der Waals surface area (Å²) in [5, 5.41) is 10.9. The lowest BCUT2D eigenvalue weighted by molar-refractivity contribution is -0.109. The maximum atomic E-state index is 9.75. The quantitative estimate of drug-likeness (QED) is 0.552. The first-order valence-electron chi connectivity index (χ1n) is 2.71. The van der Waals surface area contributed by atoms with Gasteiger partial charge in [-0.2, -0.15) is 5.26 Å². The van der Waals surface area contributed by atoms with Crippen molar-refractivity contribution >= 4 is 6.41 Å². The minimum absolute atomic E-state index is 0.410. The van der Waals surface area contributed by atoms with Crippen LogP contribution in [0.2, 0.25) is 0 Å². The van der Waals surface area contributed by atoms with Crippen LogP contribution in [-0.4, -0.2) is 13.0 Å². The second-order valence-electron chi connectivity index (χ2n) is 2.49. The second kappa shape index (κ2) is 3.08. The molecule has 0 spiro atoms. The molecule has 0 radical (unpaired) electrons. The lowest BCUT2D eigenvalue weighted by Crippen LogP contribution is -2.26. The SMILES string of the molecule is CC(C)(C#N)CNC=O. The van der Waals surface area contributed by atoms with Crippen LogP contribution >= 0.6 is 0 Å². The molecule has 3 heteroatoms. The summed E-state index contributed by atoms with van der Waals surface area (Å²) >= 11 is 0. The predicted molar refractivity (Wildman–Crippen MR) is 33.5 cm³/mol. The molecule has 0 aromatic carbocycles. The van der Waals surface area contributed by atoms with Crippen LogP contribution in [0.3, 0.4) is 0 Å². The number of amides is 1. The Balaban J connectivity index is 3.61. The Labute approximate surface area is 54.7 Å².